The molecule has 4 nitrogen and oxygen atoms in total. The second-order valence-corrected chi connectivity index (χ2v) is 4.93. The van der Waals surface area contributed by atoms with Gasteiger partial charge in [-0.05, 0) is 49.2 Å². The minimum Gasteiger partial charge on any atom is -0.496 e. The molecule has 0 aromatic heterocycles. The Kier molecular flexibility index (Phi) is 4.48. The predicted molar refractivity (Wildman–Crippen MR) is 84.3 cm³/mol. The van der Waals surface area contributed by atoms with Crippen LogP contribution in [0.3, 0.4) is 0 Å². The van der Waals surface area contributed by atoms with Gasteiger partial charge in [0.25, 0.3) is 0 Å². The fraction of sp³-hybridized carbons (Fsp3) is 0.235. The van der Waals surface area contributed by atoms with Crippen molar-refractivity contribution in [2.45, 2.75) is 20.5 Å². The number of ether oxygens (including phenoxy) is 2. The largest absolute Gasteiger partial charge is 0.496 e. The van der Waals surface area contributed by atoms with Gasteiger partial charge in [-0.25, -0.2) is 0 Å². The maximum absolute atomic E-state index is 7.51. The fourth-order valence-corrected chi connectivity index (χ4v) is 2.09. The summed E-state index contributed by atoms with van der Waals surface area (Å²) in [5.41, 5.74) is 9.37. The Balaban J connectivity index is 2.24. The molecular weight excluding hydrogens is 264 g/mol. The van der Waals surface area contributed by atoms with E-state index < -0.39 is 0 Å². The summed E-state index contributed by atoms with van der Waals surface area (Å²) in [7, 11) is 1.62. The van der Waals surface area contributed by atoms with Crippen molar-refractivity contribution in [3.63, 3.8) is 0 Å². The number of nitrogens with one attached hydrogen (secondary N) is 1. The summed E-state index contributed by atoms with van der Waals surface area (Å²) in [6.45, 7) is 4.46. The van der Waals surface area contributed by atoms with E-state index in [4.69, 9.17) is 20.6 Å². The lowest BCUT2D eigenvalue weighted by atomic mass is 10.1. The average molecular weight is 284 g/mol. The van der Waals surface area contributed by atoms with Crippen molar-refractivity contribution >= 4 is 5.84 Å². The van der Waals surface area contributed by atoms with Crippen molar-refractivity contribution in [3.8, 4) is 11.5 Å². The number of nitrogen functional groups attached to an aromatic ring is 1. The number of methoxy groups -OCH3 is 1. The van der Waals surface area contributed by atoms with E-state index in [0.717, 1.165) is 22.6 Å². The van der Waals surface area contributed by atoms with E-state index in [1.807, 2.05) is 25.1 Å². The number of hydrogen-bond acceptors (Lipinski definition) is 3. The summed E-state index contributed by atoms with van der Waals surface area (Å²) in [4.78, 5) is 0. The molecule has 0 heterocycles. The molecular formula is C17H20N2O2. The first-order valence-corrected chi connectivity index (χ1v) is 6.73. The molecule has 0 fully saturated rings. The predicted octanol–water partition coefficient (Wildman–Crippen LogP) is 3.18. The lowest BCUT2D eigenvalue weighted by Crippen LogP contribution is -2.12. The lowest BCUT2D eigenvalue weighted by Gasteiger charge is -2.14. The van der Waals surface area contributed by atoms with Crippen LogP contribution >= 0.6 is 0 Å². The Morgan fingerprint density at radius 2 is 1.90 bits per heavy atom. The Morgan fingerprint density at radius 1 is 1.14 bits per heavy atom. The quantitative estimate of drug-likeness (QED) is 0.654. The Bertz CT molecular complexity index is 666. The van der Waals surface area contributed by atoms with Crippen molar-refractivity contribution in [2.75, 3.05) is 7.11 Å². The van der Waals surface area contributed by atoms with Crippen LogP contribution in [0.4, 0.5) is 0 Å². The summed E-state index contributed by atoms with van der Waals surface area (Å²) in [6.07, 6.45) is 0. The molecule has 0 radical (unpaired) electrons. The summed E-state index contributed by atoms with van der Waals surface area (Å²) >= 11 is 0. The van der Waals surface area contributed by atoms with Gasteiger partial charge in [0.2, 0.25) is 0 Å². The molecule has 0 atom stereocenters. The molecule has 2 aromatic carbocycles. The molecule has 21 heavy (non-hydrogen) atoms. The molecule has 0 aliphatic carbocycles. The highest BCUT2D eigenvalue weighted by Gasteiger charge is 2.08. The van der Waals surface area contributed by atoms with E-state index in [9.17, 15) is 0 Å². The second kappa shape index (κ2) is 6.31. The molecule has 0 aliphatic rings. The minimum absolute atomic E-state index is 0.0330. The van der Waals surface area contributed by atoms with Gasteiger partial charge in [0.1, 0.15) is 23.9 Å². The van der Waals surface area contributed by atoms with Gasteiger partial charge < -0.3 is 15.2 Å². The van der Waals surface area contributed by atoms with Crippen LogP contribution in [0.25, 0.3) is 0 Å². The maximum Gasteiger partial charge on any atom is 0.125 e. The number of benzene rings is 2. The highest BCUT2D eigenvalue weighted by Crippen LogP contribution is 2.25. The van der Waals surface area contributed by atoms with Crippen LogP contribution < -0.4 is 15.2 Å². The molecule has 110 valence electrons. The van der Waals surface area contributed by atoms with Crippen molar-refractivity contribution in [1.29, 1.82) is 5.41 Å². The first kappa shape index (κ1) is 14.9. The van der Waals surface area contributed by atoms with Crippen LogP contribution in [-0.2, 0) is 6.61 Å². The molecule has 4 heteroatoms. The Morgan fingerprint density at radius 3 is 2.57 bits per heavy atom. The van der Waals surface area contributed by atoms with Gasteiger partial charge in [-0.3, -0.25) is 5.41 Å². The average Bonchev–Trinajstić information content (AvgIpc) is 2.48. The van der Waals surface area contributed by atoms with Gasteiger partial charge in [-0.15, -0.1) is 0 Å². The molecule has 2 aromatic rings. The van der Waals surface area contributed by atoms with E-state index >= 15 is 0 Å². The molecule has 0 spiro atoms. The lowest BCUT2D eigenvalue weighted by molar-refractivity contribution is 0.294. The standard InChI is InChI=1S/C17H20N2O2/c1-11-5-4-6-15(12(11)2)21-10-14-9-13(17(18)19)7-8-16(14)20-3/h4-9H,10H2,1-3H3,(H3,18,19). The van der Waals surface area contributed by atoms with E-state index in [2.05, 4.69) is 13.0 Å². The number of aryl methyl sites for hydroxylation is 1. The monoisotopic (exact) mass is 284 g/mol. The maximum atomic E-state index is 7.51. The third-order valence-electron chi connectivity index (χ3n) is 3.53. The van der Waals surface area contributed by atoms with Gasteiger partial charge in [-0.1, -0.05) is 12.1 Å². The highest BCUT2D eigenvalue weighted by atomic mass is 16.5. The first-order chi connectivity index (χ1) is 10.0. The molecule has 0 amide bonds. The van der Waals surface area contributed by atoms with Crippen LogP contribution in [0.15, 0.2) is 36.4 Å². The number of nitrogens with two attached hydrogens (primary N) is 1. The molecule has 3 N–H and O–H groups in total. The van der Waals surface area contributed by atoms with Crippen LogP contribution in [0, 0.1) is 19.3 Å². The SMILES string of the molecule is COc1ccc(C(=N)N)cc1COc1cccc(C)c1C. The van der Waals surface area contributed by atoms with E-state index in [-0.39, 0.29) is 5.84 Å². The van der Waals surface area contributed by atoms with Crippen molar-refractivity contribution in [1.82, 2.24) is 0 Å². The molecule has 0 bridgehead atoms. The van der Waals surface area contributed by atoms with Gasteiger partial charge in [0, 0.05) is 11.1 Å². The third-order valence-corrected chi connectivity index (χ3v) is 3.53. The second-order valence-electron chi connectivity index (χ2n) is 4.93. The summed E-state index contributed by atoms with van der Waals surface area (Å²) < 4.78 is 11.2. The van der Waals surface area contributed by atoms with Crippen LogP contribution in [-0.4, -0.2) is 12.9 Å². The Labute approximate surface area is 125 Å². The zero-order valence-corrected chi connectivity index (χ0v) is 12.6. The number of rotatable bonds is 5. The molecule has 0 aliphatic heterocycles. The van der Waals surface area contributed by atoms with E-state index in [0.29, 0.717) is 12.2 Å². The van der Waals surface area contributed by atoms with E-state index in [1.165, 1.54) is 5.56 Å². The van der Waals surface area contributed by atoms with Crippen molar-refractivity contribution in [2.24, 2.45) is 5.73 Å². The summed E-state index contributed by atoms with van der Waals surface area (Å²) in [5.74, 6) is 1.61. The highest BCUT2D eigenvalue weighted by molar-refractivity contribution is 5.95. The topological polar surface area (TPSA) is 68.3 Å². The zero-order valence-electron chi connectivity index (χ0n) is 12.6. The van der Waals surface area contributed by atoms with Crippen LogP contribution in [0.1, 0.15) is 22.3 Å². The number of hydrogen-bond donors (Lipinski definition) is 2. The smallest absolute Gasteiger partial charge is 0.125 e. The van der Waals surface area contributed by atoms with Gasteiger partial charge in [0.15, 0.2) is 0 Å². The van der Waals surface area contributed by atoms with Gasteiger partial charge in [-0.2, -0.15) is 0 Å². The van der Waals surface area contributed by atoms with E-state index in [1.54, 1.807) is 19.2 Å². The minimum atomic E-state index is 0.0330. The zero-order chi connectivity index (χ0) is 15.4. The molecule has 2 rings (SSSR count). The summed E-state index contributed by atoms with van der Waals surface area (Å²) in [5, 5.41) is 7.51. The summed E-state index contributed by atoms with van der Waals surface area (Å²) in [6, 6.07) is 11.4. The first-order valence-electron chi connectivity index (χ1n) is 6.73. The fourth-order valence-electron chi connectivity index (χ4n) is 2.09. The van der Waals surface area contributed by atoms with Crippen molar-refractivity contribution in [3.05, 3.63) is 58.7 Å². The molecule has 0 saturated heterocycles. The third kappa shape index (κ3) is 3.34. The molecule has 0 saturated carbocycles. The normalized spacial score (nSPS) is 10.2. The molecule has 0 unspecified atom stereocenters. The van der Waals surface area contributed by atoms with Crippen molar-refractivity contribution < 1.29 is 9.47 Å². The van der Waals surface area contributed by atoms with Gasteiger partial charge >= 0.3 is 0 Å². The van der Waals surface area contributed by atoms with Crippen LogP contribution in [0.2, 0.25) is 0 Å². The van der Waals surface area contributed by atoms with Crippen LogP contribution in [0.5, 0.6) is 11.5 Å². The number of amidine groups is 1. The Hall–Kier alpha value is -2.49. The van der Waals surface area contributed by atoms with Gasteiger partial charge in [0.05, 0.1) is 7.11 Å².